The van der Waals surface area contributed by atoms with E-state index in [1.165, 1.54) is 26.4 Å². The number of likely N-dealkylation sites (tertiary alicyclic amines) is 2. The number of imidazole rings is 1. The normalized spacial score (nSPS) is 26.1. The number of nitrogens with one attached hydrogen (secondary N) is 2. The van der Waals surface area contributed by atoms with Crippen LogP contribution in [0.5, 0.6) is 0 Å². The molecule has 1 atom stereocenters. The molecule has 12 heteroatoms. The zero-order chi connectivity index (χ0) is 37.4. The number of fused-ring (bicyclic) bond motifs is 3. The molecule has 5 heterocycles. The largest absolute Gasteiger partial charge is 0.453 e. The number of amides is 3. The van der Waals surface area contributed by atoms with Crippen LogP contribution in [0.2, 0.25) is 0 Å². The van der Waals surface area contributed by atoms with Crippen LogP contribution in [-0.4, -0.2) is 95.5 Å². The number of methoxy groups -OCH3 is 1. The summed E-state index contributed by atoms with van der Waals surface area (Å²) in [4.78, 5) is 57.1. The van der Waals surface area contributed by atoms with Crippen molar-refractivity contribution in [3.8, 4) is 0 Å². The van der Waals surface area contributed by atoms with E-state index in [9.17, 15) is 14.4 Å². The maximum absolute atomic E-state index is 14.9. The van der Waals surface area contributed by atoms with Crippen molar-refractivity contribution < 1.29 is 19.1 Å². The molecule has 3 aromatic rings. The van der Waals surface area contributed by atoms with Crippen molar-refractivity contribution in [3.05, 3.63) is 76.4 Å². The van der Waals surface area contributed by atoms with Gasteiger partial charge in [0.1, 0.15) is 5.69 Å². The van der Waals surface area contributed by atoms with E-state index in [1.807, 2.05) is 31.5 Å². The molecule has 12 nitrogen and oxygen atoms in total. The molecule has 6 aliphatic rings. The molecule has 0 bridgehead atoms. The minimum absolute atomic E-state index is 0.130. The molecule has 9 rings (SSSR count). The highest BCUT2D eigenvalue weighted by molar-refractivity contribution is 6.10. The molecule has 2 saturated heterocycles. The Balaban J connectivity index is 1.09. The standard InChI is InChI=1S/C42H52N8O4/c1-26-8-10-28(21-32(26)38(51)43-3)45-37-36-34(44-25-49(36)29-11-12-29)24-41(2,46-37)27-9-13-33-35(20-27)50(31-22-30(23-31)47-16-6-5-7-17-47)39(52)42(33)14-18-48(19-15-42)40(53)54-4/h8-10,13,20-21,25,29-31H,5-7,11-12,14-19,22-24H2,1-4H3,(H,43,51)(H,45,46). The second kappa shape index (κ2) is 13.2. The number of aromatic nitrogens is 2. The molecular weight excluding hydrogens is 681 g/mol. The number of piperidine rings is 2. The number of carbonyl (C=O) groups excluding carboxylic acids is 3. The number of aryl methyl sites for hydroxylation is 1. The van der Waals surface area contributed by atoms with Gasteiger partial charge in [-0.1, -0.05) is 24.6 Å². The number of rotatable bonds is 6. The first-order valence-electron chi connectivity index (χ1n) is 19.9. The van der Waals surface area contributed by atoms with E-state index in [0.717, 1.165) is 84.1 Å². The predicted octanol–water partition coefficient (Wildman–Crippen LogP) is 5.68. The van der Waals surface area contributed by atoms with Crippen LogP contribution in [-0.2, 0) is 26.9 Å². The van der Waals surface area contributed by atoms with Gasteiger partial charge < -0.3 is 34.6 Å². The molecule has 4 aliphatic heterocycles. The van der Waals surface area contributed by atoms with Gasteiger partial charge in [-0.2, -0.15) is 0 Å². The van der Waals surface area contributed by atoms with Gasteiger partial charge in [0.2, 0.25) is 5.91 Å². The van der Waals surface area contributed by atoms with Crippen LogP contribution in [0.15, 0.2) is 47.7 Å². The van der Waals surface area contributed by atoms with Gasteiger partial charge in [-0.15, -0.1) is 0 Å². The minimum Gasteiger partial charge on any atom is -0.453 e. The van der Waals surface area contributed by atoms with E-state index in [4.69, 9.17) is 14.7 Å². The number of amidine groups is 1. The number of anilines is 2. The summed E-state index contributed by atoms with van der Waals surface area (Å²) in [7, 11) is 3.06. The molecule has 2 aromatic carbocycles. The number of benzene rings is 2. The second-order valence-electron chi connectivity index (χ2n) is 16.6. The average molecular weight is 733 g/mol. The smallest absolute Gasteiger partial charge is 0.409 e. The Morgan fingerprint density at radius 1 is 0.944 bits per heavy atom. The Kier molecular flexibility index (Phi) is 8.59. The third kappa shape index (κ3) is 5.70. The van der Waals surface area contributed by atoms with Gasteiger partial charge in [-0.25, -0.2) is 9.78 Å². The Hall–Kier alpha value is -4.71. The molecule has 1 aromatic heterocycles. The lowest BCUT2D eigenvalue weighted by Gasteiger charge is -2.48. The summed E-state index contributed by atoms with van der Waals surface area (Å²) in [5.41, 5.74) is 6.08. The van der Waals surface area contributed by atoms with E-state index in [2.05, 4.69) is 50.1 Å². The fourth-order valence-electron chi connectivity index (χ4n) is 9.88. The summed E-state index contributed by atoms with van der Waals surface area (Å²) in [6, 6.07) is 13.5. The fraction of sp³-hybridized carbons (Fsp3) is 0.548. The number of hydrogen-bond donors (Lipinski definition) is 2. The summed E-state index contributed by atoms with van der Waals surface area (Å²) in [5, 5.41) is 6.38. The third-order valence-electron chi connectivity index (χ3n) is 13.3. The van der Waals surface area contributed by atoms with Crippen LogP contribution in [0.1, 0.15) is 109 Å². The highest BCUT2D eigenvalue weighted by Crippen LogP contribution is 2.53. The number of hydrogen-bond acceptors (Lipinski definition) is 8. The summed E-state index contributed by atoms with van der Waals surface area (Å²) < 4.78 is 7.31. The Labute approximate surface area is 317 Å². The third-order valence-corrected chi connectivity index (χ3v) is 13.3. The lowest BCUT2D eigenvalue weighted by molar-refractivity contribution is -0.126. The molecule has 2 aliphatic carbocycles. The molecule has 1 unspecified atom stereocenters. The summed E-state index contributed by atoms with van der Waals surface area (Å²) in [6.45, 7) is 7.38. The molecule has 3 amide bonds. The van der Waals surface area contributed by atoms with Gasteiger partial charge in [0.25, 0.3) is 5.91 Å². The molecule has 284 valence electrons. The maximum Gasteiger partial charge on any atom is 0.409 e. The van der Waals surface area contributed by atoms with Crippen molar-refractivity contribution in [3.63, 3.8) is 0 Å². The number of aliphatic imine (C=N–C) groups is 1. The van der Waals surface area contributed by atoms with E-state index in [-0.39, 0.29) is 23.9 Å². The molecule has 2 saturated carbocycles. The zero-order valence-corrected chi connectivity index (χ0v) is 32.0. The molecule has 4 fully saturated rings. The summed E-state index contributed by atoms with van der Waals surface area (Å²) >= 11 is 0. The highest BCUT2D eigenvalue weighted by atomic mass is 16.5. The zero-order valence-electron chi connectivity index (χ0n) is 32.0. The number of carbonyl (C=O) groups is 3. The lowest BCUT2D eigenvalue weighted by Crippen LogP contribution is -2.58. The Bertz CT molecular complexity index is 2030. The maximum atomic E-state index is 14.9. The van der Waals surface area contributed by atoms with Crippen molar-refractivity contribution >= 4 is 35.1 Å². The molecule has 0 radical (unpaired) electrons. The van der Waals surface area contributed by atoms with Gasteiger partial charge in [0.05, 0.1) is 30.1 Å². The Morgan fingerprint density at radius 2 is 1.70 bits per heavy atom. The van der Waals surface area contributed by atoms with Crippen molar-refractivity contribution in [1.29, 1.82) is 0 Å². The first kappa shape index (κ1) is 35.0. The monoisotopic (exact) mass is 732 g/mol. The molecule has 1 spiro atoms. The Morgan fingerprint density at radius 3 is 2.41 bits per heavy atom. The van der Waals surface area contributed by atoms with Crippen molar-refractivity contribution in [2.75, 3.05) is 50.6 Å². The SMILES string of the molecule is CNC(=O)c1cc(NC2=NC(C)(c3ccc4c(c3)N(C3CC(N5CCCCC5)C3)C(=O)C43CCN(C(=O)OC)CC3)Cc3ncn(C4CC4)c32)ccc1C. The average Bonchev–Trinajstić information content (AvgIpc) is 3.89. The van der Waals surface area contributed by atoms with Crippen LogP contribution >= 0.6 is 0 Å². The van der Waals surface area contributed by atoms with Gasteiger partial charge in [-0.3, -0.25) is 14.6 Å². The van der Waals surface area contributed by atoms with E-state index < -0.39 is 11.0 Å². The first-order chi connectivity index (χ1) is 26.1. The number of ether oxygens (including phenoxy) is 1. The van der Waals surface area contributed by atoms with Crippen molar-refractivity contribution in [1.82, 2.24) is 24.7 Å². The fourth-order valence-corrected chi connectivity index (χ4v) is 9.88. The van der Waals surface area contributed by atoms with E-state index >= 15 is 0 Å². The van der Waals surface area contributed by atoms with Crippen LogP contribution in [0, 0.1) is 6.92 Å². The lowest BCUT2D eigenvalue weighted by atomic mass is 9.73. The number of nitrogens with zero attached hydrogens (tertiary/aromatic N) is 6. The highest BCUT2D eigenvalue weighted by Gasteiger charge is 2.56. The summed E-state index contributed by atoms with van der Waals surface area (Å²) in [5.74, 6) is 0.783. The molecule has 2 N–H and O–H groups in total. The van der Waals surface area contributed by atoms with Crippen molar-refractivity contribution in [2.45, 2.75) is 107 Å². The van der Waals surface area contributed by atoms with Crippen LogP contribution < -0.4 is 15.5 Å². The predicted molar refractivity (Wildman–Crippen MR) is 207 cm³/mol. The first-order valence-corrected chi connectivity index (χ1v) is 19.9. The van der Waals surface area contributed by atoms with E-state index in [1.54, 1.807) is 11.9 Å². The van der Waals surface area contributed by atoms with Gasteiger partial charge >= 0.3 is 6.09 Å². The van der Waals surface area contributed by atoms with E-state index in [0.29, 0.717) is 50.0 Å². The second-order valence-corrected chi connectivity index (χ2v) is 16.6. The molecule has 54 heavy (non-hydrogen) atoms. The summed E-state index contributed by atoms with van der Waals surface area (Å²) in [6.07, 6.45) is 11.4. The van der Waals surface area contributed by atoms with Gasteiger partial charge in [0, 0.05) is 61.6 Å². The quantitative estimate of drug-likeness (QED) is 0.334. The van der Waals surface area contributed by atoms with Crippen LogP contribution in [0.25, 0.3) is 0 Å². The van der Waals surface area contributed by atoms with Gasteiger partial charge in [-0.05, 0) is 113 Å². The van der Waals surface area contributed by atoms with Crippen LogP contribution in [0.4, 0.5) is 16.2 Å². The molecular formula is C42H52N8O4. The topological polar surface area (TPSA) is 124 Å². The van der Waals surface area contributed by atoms with Gasteiger partial charge in [0.15, 0.2) is 5.84 Å². The van der Waals surface area contributed by atoms with Crippen LogP contribution in [0.3, 0.4) is 0 Å². The van der Waals surface area contributed by atoms with Crippen molar-refractivity contribution in [2.24, 2.45) is 4.99 Å². The minimum atomic E-state index is -0.671.